The number of nitrogens with zero attached hydrogens (tertiary/aromatic N) is 2. The van der Waals surface area contributed by atoms with Gasteiger partial charge >= 0.3 is 0 Å². The summed E-state index contributed by atoms with van der Waals surface area (Å²) in [6, 6.07) is 0.321. The van der Waals surface area contributed by atoms with Crippen LogP contribution in [0.15, 0.2) is 6.20 Å². The van der Waals surface area contributed by atoms with Gasteiger partial charge in [-0.2, -0.15) is 5.10 Å². The third kappa shape index (κ3) is 4.49. The molecule has 3 nitrogen and oxygen atoms in total. The Bertz CT molecular complexity index is 376. The summed E-state index contributed by atoms with van der Waals surface area (Å²) in [5.41, 5.74) is 1.17. The van der Waals surface area contributed by atoms with Gasteiger partial charge in [0, 0.05) is 6.54 Å². The predicted molar refractivity (Wildman–Crippen MR) is 87.3 cm³/mol. The summed E-state index contributed by atoms with van der Waals surface area (Å²) in [6.45, 7) is 10.8. The lowest BCUT2D eigenvalue weighted by molar-refractivity contribution is 0.308. The van der Waals surface area contributed by atoms with E-state index in [1.54, 1.807) is 6.20 Å². The number of rotatable bonds is 10. The minimum absolute atomic E-state index is 0.321. The van der Waals surface area contributed by atoms with E-state index in [4.69, 9.17) is 11.6 Å². The van der Waals surface area contributed by atoms with E-state index in [1.165, 1.54) is 31.4 Å². The van der Waals surface area contributed by atoms with Crippen molar-refractivity contribution >= 4 is 11.6 Å². The zero-order valence-corrected chi connectivity index (χ0v) is 14.2. The molecule has 4 heteroatoms. The fourth-order valence-electron chi connectivity index (χ4n) is 2.79. The lowest BCUT2D eigenvalue weighted by atomic mass is 9.89. The molecule has 0 saturated carbocycles. The van der Waals surface area contributed by atoms with Crippen LogP contribution in [0.5, 0.6) is 0 Å². The van der Waals surface area contributed by atoms with Crippen molar-refractivity contribution in [2.75, 3.05) is 6.54 Å². The van der Waals surface area contributed by atoms with Gasteiger partial charge in [-0.05, 0) is 32.2 Å². The van der Waals surface area contributed by atoms with E-state index >= 15 is 0 Å². The van der Waals surface area contributed by atoms with E-state index in [1.807, 2.05) is 4.68 Å². The van der Waals surface area contributed by atoms with Crippen molar-refractivity contribution in [2.45, 2.75) is 72.4 Å². The predicted octanol–water partition coefficient (Wildman–Crippen LogP) is 4.81. The Hall–Kier alpha value is -0.540. The van der Waals surface area contributed by atoms with Gasteiger partial charge in [-0.3, -0.25) is 4.68 Å². The van der Waals surface area contributed by atoms with E-state index in [0.29, 0.717) is 12.0 Å². The van der Waals surface area contributed by atoms with Gasteiger partial charge in [0.15, 0.2) is 0 Å². The highest BCUT2D eigenvalue weighted by atomic mass is 35.5. The molecule has 0 amide bonds. The molecule has 0 bridgehead atoms. The maximum atomic E-state index is 6.41. The number of hydrogen-bond acceptors (Lipinski definition) is 2. The fraction of sp³-hybridized carbons (Fsp3) is 0.812. The molecular weight excluding hydrogens is 270 g/mol. The first kappa shape index (κ1) is 17.5. The number of aryl methyl sites for hydroxylation is 1. The van der Waals surface area contributed by atoms with E-state index in [9.17, 15) is 0 Å². The molecule has 2 atom stereocenters. The summed E-state index contributed by atoms with van der Waals surface area (Å²) < 4.78 is 2.05. The Kier molecular flexibility index (Phi) is 8.24. The van der Waals surface area contributed by atoms with Crippen molar-refractivity contribution in [3.05, 3.63) is 16.9 Å². The van der Waals surface area contributed by atoms with Crippen LogP contribution >= 0.6 is 11.6 Å². The second-order valence-electron chi connectivity index (χ2n) is 5.44. The summed E-state index contributed by atoms with van der Waals surface area (Å²) in [7, 11) is 0. The van der Waals surface area contributed by atoms with Crippen LogP contribution in [0, 0.1) is 5.92 Å². The molecule has 0 spiro atoms. The third-order valence-electron chi connectivity index (χ3n) is 3.97. The molecule has 0 aromatic carbocycles. The van der Waals surface area contributed by atoms with Crippen LogP contribution in [0.3, 0.4) is 0 Å². The summed E-state index contributed by atoms with van der Waals surface area (Å²) in [5.74, 6) is 0.626. The van der Waals surface area contributed by atoms with E-state index in [0.717, 1.165) is 24.5 Å². The topological polar surface area (TPSA) is 29.9 Å². The average Bonchev–Trinajstić information content (AvgIpc) is 2.83. The Balaban J connectivity index is 2.99. The van der Waals surface area contributed by atoms with Gasteiger partial charge in [0.2, 0.25) is 0 Å². The average molecular weight is 300 g/mol. The SMILES string of the molecule is CCCCC(CC)C(NCCC)c1c(Cl)cnn1CC. The van der Waals surface area contributed by atoms with Gasteiger partial charge in [0.1, 0.15) is 0 Å². The Labute approximate surface area is 129 Å². The Morgan fingerprint density at radius 3 is 2.55 bits per heavy atom. The van der Waals surface area contributed by atoms with Gasteiger partial charge in [0.05, 0.1) is 23.0 Å². The number of unbranched alkanes of at least 4 members (excludes halogenated alkanes) is 1. The molecule has 1 N–H and O–H groups in total. The minimum atomic E-state index is 0.321. The minimum Gasteiger partial charge on any atom is -0.308 e. The van der Waals surface area contributed by atoms with Crippen molar-refractivity contribution in [2.24, 2.45) is 5.92 Å². The first-order valence-electron chi connectivity index (χ1n) is 8.13. The lowest BCUT2D eigenvalue weighted by Crippen LogP contribution is -2.31. The molecule has 1 aromatic heterocycles. The zero-order chi connectivity index (χ0) is 15.0. The largest absolute Gasteiger partial charge is 0.308 e. The smallest absolute Gasteiger partial charge is 0.0834 e. The number of hydrogen-bond donors (Lipinski definition) is 1. The molecule has 2 unspecified atom stereocenters. The summed E-state index contributed by atoms with van der Waals surface area (Å²) in [4.78, 5) is 0. The van der Waals surface area contributed by atoms with Crippen molar-refractivity contribution in [3.8, 4) is 0 Å². The molecule has 0 radical (unpaired) electrons. The Morgan fingerprint density at radius 1 is 1.25 bits per heavy atom. The van der Waals surface area contributed by atoms with Gasteiger partial charge < -0.3 is 5.32 Å². The fourth-order valence-corrected chi connectivity index (χ4v) is 3.05. The second-order valence-corrected chi connectivity index (χ2v) is 5.84. The zero-order valence-electron chi connectivity index (χ0n) is 13.5. The lowest BCUT2D eigenvalue weighted by Gasteiger charge is -2.28. The van der Waals surface area contributed by atoms with E-state index in [2.05, 4.69) is 38.1 Å². The van der Waals surface area contributed by atoms with Crippen LogP contribution in [-0.2, 0) is 6.54 Å². The quantitative estimate of drug-likeness (QED) is 0.671. The first-order valence-corrected chi connectivity index (χ1v) is 8.51. The standard InChI is InChI=1S/C16H30ClN3/c1-5-9-10-13(7-3)15(18-11-6-2)16-14(17)12-19-20(16)8-4/h12-13,15,18H,5-11H2,1-4H3. The molecule has 0 fully saturated rings. The second kappa shape index (κ2) is 9.41. The van der Waals surface area contributed by atoms with Crippen LogP contribution < -0.4 is 5.32 Å². The normalized spacial score (nSPS) is 14.4. The molecule has 1 aromatic rings. The maximum Gasteiger partial charge on any atom is 0.0834 e. The molecule has 0 aliphatic carbocycles. The van der Waals surface area contributed by atoms with Crippen molar-refractivity contribution in [3.63, 3.8) is 0 Å². The molecule has 20 heavy (non-hydrogen) atoms. The number of halogens is 1. The molecule has 1 heterocycles. The van der Waals surface area contributed by atoms with Crippen LogP contribution in [0.25, 0.3) is 0 Å². The van der Waals surface area contributed by atoms with Crippen LogP contribution in [0.2, 0.25) is 5.02 Å². The van der Waals surface area contributed by atoms with Crippen LogP contribution in [-0.4, -0.2) is 16.3 Å². The van der Waals surface area contributed by atoms with Crippen molar-refractivity contribution in [1.82, 2.24) is 15.1 Å². The summed E-state index contributed by atoms with van der Waals surface area (Å²) in [6.07, 6.45) is 7.87. The first-order chi connectivity index (χ1) is 9.69. The monoisotopic (exact) mass is 299 g/mol. The highest BCUT2D eigenvalue weighted by molar-refractivity contribution is 6.31. The van der Waals surface area contributed by atoms with Gasteiger partial charge in [-0.25, -0.2) is 0 Å². The Morgan fingerprint density at radius 2 is 2.00 bits per heavy atom. The highest BCUT2D eigenvalue weighted by Gasteiger charge is 2.26. The maximum absolute atomic E-state index is 6.41. The third-order valence-corrected chi connectivity index (χ3v) is 4.26. The van der Waals surface area contributed by atoms with Crippen LogP contribution in [0.4, 0.5) is 0 Å². The van der Waals surface area contributed by atoms with Gasteiger partial charge in [0.25, 0.3) is 0 Å². The van der Waals surface area contributed by atoms with Crippen LogP contribution in [0.1, 0.15) is 71.5 Å². The molecule has 1 rings (SSSR count). The molecule has 0 aliphatic rings. The summed E-state index contributed by atoms with van der Waals surface area (Å²) in [5, 5.41) is 8.91. The number of nitrogens with one attached hydrogen (secondary N) is 1. The van der Waals surface area contributed by atoms with E-state index in [-0.39, 0.29) is 0 Å². The molecule has 116 valence electrons. The molecular formula is C16H30ClN3. The molecule has 0 saturated heterocycles. The highest BCUT2D eigenvalue weighted by Crippen LogP contribution is 2.33. The van der Waals surface area contributed by atoms with E-state index < -0.39 is 0 Å². The van der Waals surface area contributed by atoms with Crippen molar-refractivity contribution < 1.29 is 0 Å². The summed E-state index contributed by atoms with van der Waals surface area (Å²) >= 11 is 6.41. The number of aromatic nitrogens is 2. The van der Waals surface area contributed by atoms with Gasteiger partial charge in [-0.15, -0.1) is 0 Å². The van der Waals surface area contributed by atoms with Gasteiger partial charge in [-0.1, -0.05) is 51.6 Å². The van der Waals surface area contributed by atoms with Crippen molar-refractivity contribution in [1.29, 1.82) is 0 Å². The molecule has 0 aliphatic heterocycles.